The summed E-state index contributed by atoms with van der Waals surface area (Å²) in [4.78, 5) is 12.5. The van der Waals surface area contributed by atoms with E-state index in [-0.39, 0.29) is 10.9 Å². The molecule has 2 aromatic carbocycles. The number of thiocarbonyl (C=S) groups is 1. The van der Waals surface area contributed by atoms with E-state index in [1.54, 1.807) is 24.3 Å². The number of halogens is 1. The molecule has 0 radical (unpaired) electrons. The number of nitrogens with two attached hydrogens (primary N) is 1. The first-order valence-electron chi connectivity index (χ1n) is 5.53. The molecular weight excluding hydrogens is 324 g/mol. The Morgan fingerprint density at radius 2 is 1.84 bits per heavy atom. The second-order valence-electron chi connectivity index (χ2n) is 3.87. The van der Waals surface area contributed by atoms with E-state index >= 15 is 0 Å². The Bertz CT molecular complexity index is 629. The molecule has 2 rings (SSSR count). The lowest BCUT2D eigenvalue weighted by molar-refractivity contribution is 0.103. The van der Waals surface area contributed by atoms with Gasteiger partial charge >= 0.3 is 0 Å². The minimum atomic E-state index is -0.0827. The van der Waals surface area contributed by atoms with Gasteiger partial charge in [-0.15, -0.1) is 0 Å². The molecular formula is C14H11BrN2OS. The smallest absolute Gasteiger partial charge is 0.195 e. The predicted octanol–water partition coefficient (Wildman–Crippen LogP) is 3.34. The van der Waals surface area contributed by atoms with E-state index in [0.717, 1.165) is 4.47 Å². The predicted molar refractivity (Wildman–Crippen MR) is 84.4 cm³/mol. The van der Waals surface area contributed by atoms with Crippen LogP contribution >= 0.6 is 28.1 Å². The van der Waals surface area contributed by atoms with Crippen LogP contribution in [0.25, 0.3) is 0 Å². The van der Waals surface area contributed by atoms with E-state index < -0.39 is 0 Å². The highest BCUT2D eigenvalue weighted by Crippen LogP contribution is 2.23. The third kappa shape index (κ3) is 3.39. The fourth-order valence-corrected chi connectivity index (χ4v) is 2.16. The molecule has 0 heterocycles. The first-order valence-corrected chi connectivity index (χ1v) is 6.74. The zero-order chi connectivity index (χ0) is 13.8. The molecule has 3 N–H and O–H groups in total. The van der Waals surface area contributed by atoms with Crippen LogP contribution in [-0.2, 0) is 0 Å². The molecule has 96 valence electrons. The van der Waals surface area contributed by atoms with Crippen LogP contribution in [0.4, 0.5) is 5.69 Å². The van der Waals surface area contributed by atoms with Crippen molar-refractivity contribution in [2.45, 2.75) is 0 Å². The lowest BCUT2D eigenvalue weighted by Crippen LogP contribution is -2.20. The van der Waals surface area contributed by atoms with Crippen molar-refractivity contribution < 1.29 is 4.79 Å². The highest BCUT2D eigenvalue weighted by molar-refractivity contribution is 9.10. The third-order valence-electron chi connectivity index (χ3n) is 2.52. The van der Waals surface area contributed by atoms with Crippen molar-refractivity contribution >= 4 is 44.7 Å². The van der Waals surface area contributed by atoms with Gasteiger partial charge in [-0.1, -0.05) is 46.3 Å². The summed E-state index contributed by atoms with van der Waals surface area (Å²) in [6.45, 7) is 0. The summed E-state index contributed by atoms with van der Waals surface area (Å²) < 4.78 is 0.820. The van der Waals surface area contributed by atoms with Gasteiger partial charge in [0.1, 0.15) is 0 Å². The van der Waals surface area contributed by atoms with Gasteiger partial charge in [0, 0.05) is 15.6 Å². The number of anilines is 1. The number of carbonyl (C=O) groups excluding carboxylic acids is 1. The molecule has 0 aliphatic heterocycles. The molecule has 0 aromatic heterocycles. The number of benzene rings is 2. The summed E-state index contributed by atoms with van der Waals surface area (Å²) >= 11 is 8.18. The van der Waals surface area contributed by atoms with Crippen LogP contribution in [0, 0.1) is 0 Å². The van der Waals surface area contributed by atoms with E-state index in [4.69, 9.17) is 18.0 Å². The lowest BCUT2D eigenvalue weighted by Gasteiger charge is -2.10. The Morgan fingerprint density at radius 1 is 1.16 bits per heavy atom. The average Bonchev–Trinajstić information content (AvgIpc) is 2.40. The van der Waals surface area contributed by atoms with E-state index in [2.05, 4.69) is 21.2 Å². The molecule has 0 amide bonds. The minimum Gasteiger partial charge on any atom is -0.376 e. The lowest BCUT2D eigenvalue weighted by atomic mass is 10.0. The number of hydrogen-bond acceptors (Lipinski definition) is 2. The molecule has 0 fully saturated rings. The zero-order valence-corrected chi connectivity index (χ0v) is 12.3. The largest absolute Gasteiger partial charge is 0.376 e. The number of hydrogen-bond donors (Lipinski definition) is 2. The Morgan fingerprint density at radius 3 is 2.47 bits per heavy atom. The maximum absolute atomic E-state index is 12.5. The number of ketones is 1. The molecule has 0 spiro atoms. The Balaban J connectivity index is 2.45. The van der Waals surface area contributed by atoms with Crippen LogP contribution in [0.5, 0.6) is 0 Å². The summed E-state index contributed by atoms with van der Waals surface area (Å²) in [7, 11) is 0. The van der Waals surface area contributed by atoms with Gasteiger partial charge in [-0.05, 0) is 30.4 Å². The van der Waals surface area contributed by atoms with Crippen LogP contribution in [0.1, 0.15) is 15.9 Å². The summed E-state index contributed by atoms with van der Waals surface area (Å²) in [6, 6.07) is 14.4. The molecule has 0 bridgehead atoms. The monoisotopic (exact) mass is 334 g/mol. The summed E-state index contributed by atoms with van der Waals surface area (Å²) in [6.07, 6.45) is 0. The normalized spacial score (nSPS) is 9.95. The summed E-state index contributed by atoms with van der Waals surface area (Å²) in [5.74, 6) is -0.0827. The van der Waals surface area contributed by atoms with Crippen molar-refractivity contribution in [2.75, 3.05) is 5.32 Å². The van der Waals surface area contributed by atoms with E-state index in [0.29, 0.717) is 16.8 Å². The molecule has 0 aliphatic rings. The first kappa shape index (κ1) is 13.7. The number of rotatable bonds is 3. The number of carbonyl (C=O) groups is 1. The zero-order valence-electron chi connectivity index (χ0n) is 9.89. The SMILES string of the molecule is NC(=S)Nc1ccc(Br)cc1C(=O)c1ccccc1. The van der Waals surface area contributed by atoms with Crippen molar-refractivity contribution in [1.82, 2.24) is 0 Å². The quantitative estimate of drug-likeness (QED) is 0.667. The van der Waals surface area contributed by atoms with E-state index in [1.165, 1.54) is 0 Å². The van der Waals surface area contributed by atoms with Crippen LogP contribution in [0.2, 0.25) is 0 Å². The van der Waals surface area contributed by atoms with Crippen molar-refractivity contribution in [1.29, 1.82) is 0 Å². The topological polar surface area (TPSA) is 55.1 Å². The molecule has 2 aromatic rings. The van der Waals surface area contributed by atoms with Gasteiger partial charge < -0.3 is 11.1 Å². The minimum absolute atomic E-state index is 0.0827. The van der Waals surface area contributed by atoms with Crippen LogP contribution in [-0.4, -0.2) is 10.9 Å². The molecule has 0 aliphatic carbocycles. The van der Waals surface area contributed by atoms with Crippen molar-refractivity contribution in [3.8, 4) is 0 Å². The standard InChI is InChI=1S/C14H11BrN2OS/c15-10-6-7-12(17-14(16)19)11(8-10)13(18)9-4-2-1-3-5-9/h1-8H,(H3,16,17,19). The second kappa shape index (κ2) is 5.95. The highest BCUT2D eigenvalue weighted by Gasteiger charge is 2.14. The van der Waals surface area contributed by atoms with Crippen LogP contribution in [0.15, 0.2) is 53.0 Å². The average molecular weight is 335 g/mol. The van der Waals surface area contributed by atoms with Crippen molar-refractivity contribution in [2.24, 2.45) is 5.73 Å². The Hall–Kier alpha value is -1.72. The molecule has 0 saturated heterocycles. The van der Waals surface area contributed by atoms with Gasteiger partial charge in [0.2, 0.25) is 0 Å². The molecule has 0 unspecified atom stereocenters. The van der Waals surface area contributed by atoms with Crippen molar-refractivity contribution in [3.05, 3.63) is 64.1 Å². The Labute approximate surface area is 124 Å². The van der Waals surface area contributed by atoms with Gasteiger partial charge in [0.25, 0.3) is 0 Å². The van der Waals surface area contributed by atoms with E-state index in [9.17, 15) is 4.79 Å². The van der Waals surface area contributed by atoms with E-state index in [1.807, 2.05) is 24.3 Å². The highest BCUT2D eigenvalue weighted by atomic mass is 79.9. The molecule has 0 atom stereocenters. The summed E-state index contributed by atoms with van der Waals surface area (Å²) in [5, 5.41) is 2.95. The second-order valence-corrected chi connectivity index (χ2v) is 5.23. The summed E-state index contributed by atoms with van der Waals surface area (Å²) in [5.41, 5.74) is 7.21. The maximum Gasteiger partial charge on any atom is 0.195 e. The molecule has 19 heavy (non-hydrogen) atoms. The Kier molecular flexibility index (Phi) is 4.29. The van der Waals surface area contributed by atoms with Crippen LogP contribution < -0.4 is 11.1 Å². The fraction of sp³-hybridized carbons (Fsp3) is 0. The van der Waals surface area contributed by atoms with Gasteiger partial charge in [0.15, 0.2) is 10.9 Å². The third-order valence-corrected chi connectivity index (χ3v) is 3.12. The first-order chi connectivity index (χ1) is 9.08. The molecule has 5 heteroatoms. The van der Waals surface area contributed by atoms with Crippen molar-refractivity contribution in [3.63, 3.8) is 0 Å². The van der Waals surface area contributed by atoms with Gasteiger partial charge in [-0.25, -0.2) is 0 Å². The van der Waals surface area contributed by atoms with Gasteiger partial charge in [-0.2, -0.15) is 0 Å². The van der Waals surface area contributed by atoms with Gasteiger partial charge in [0.05, 0.1) is 5.69 Å². The molecule has 0 saturated carbocycles. The fourth-order valence-electron chi connectivity index (χ4n) is 1.69. The van der Waals surface area contributed by atoms with Crippen LogP contribution in [0.3, 0.4) is 0 Å². The van der Waals surface area contributed by atoms with Gasteiger partial charge in [-0.3, -0.25) is 4.79 Å². The molecule has 3 nitrogen and oxygen atoms in total. The maximum atomic E-state index is 12.5. The number of nitrogens with one attached hydrogen (secondary N) is 1.